The van der Waals surface area contributed by atoms with Crippen LogP contribution in [0.4, 0.5) is 5.69 Å². The molecule has 0 radical (unpaired) electrons. The van der Waals surface area contributed by atoms with Crippen LogP contribution in [0.1, 0.15) is 22.3 Å². The Morgan fingerprint density at radius 3 is 1.45 bits per heavy atom. The zero-order valence-electron chi connectivity index (χ0n) is 17.8. The van der Waals surface area contributed by atoms with E-state index in [1.807, 2.05) is 18.2 Å². The summed E-state index contributed by atoms with van der Waals surface area (Å²) in [6.45, 7) is 0. The van der Waals surface area contributed by atoms with Crippen molar-refractivity contribution >= 4 is 5.69 Å². The van der Waals surface area contributed by atoms with Gasteiger partial charge in [0.2, 0.25) is 0 Å². The van der Waals surface area contributed by atoms with Gasteiger partial charge in [0.15, 0.2) is 0 Å². The highest BCUT2D eigenvalue weighted by molar-refractivity contribution is 5.96. The van der Waals surface area contributed by atoms with Crippen molar-refractivity contribution in [2.75, 3.05) is 0 Å². The molecule has 0 amide bonds. The molecule has 7 rings (SSSR count). The monoisotopic (exact) mass is 421 g/mol. The van der Waals surface area contributed by atoms with E-state index in [1.165, 1.54) is 44.5 Å². The molecule has 1 spiro atoms. The summed E-state index contributed by atoms with van der Waals surface area (Å²) in [6.07, 6.45) is 0. The van der Waals surface area contributed by atoms with Crippen LogP contribution in [0.15, 0.2) is 120 Å². The van der Waals surface area contributed by atoms with Crippen molar-refractivity contribution in [2.24, 2.45) is 5.18 Å². The molecule has 2 heteroatoms. The minimum absolute atomic E-state index is 0.376. The summed E-state index contributed by atoms with van der Waals surface area (Å²) >= 11 is 0. The fraction of sp³-hybridized carbons (Fsp3) is 0.0323. The van der Waals surface area contributed by atoms with Crippen LogP contribution in [-0.2, 0) is 5.41 Å². The number of hydrogen-bond acceptors (Lipinski definition) is 2. The molecule has 5 aromatic rings. The van der Waals surface area contributed by atoms with Crippen LogP contribution in [0, 0.1) is 4.91 Å². The molecule has 0 aromatic heterocycles. The Hall–Kier alpha value is -4.30. The van der Waals surface area contributed by atoms with Gasteiger partial charge in [0.05, 0.1) is 5.41 Å². The number of benzene rings is 5. The van der Waals surface area contributed by atoms with E-state index in [1.54, 1.807) is 6.07 Å². The second-order valence-corrected chi connectivity index (χ2v) is 8.76. The molecule has 0 heterocycles. The van der Waals surface area contributed by atoms with Gasteiger partial charge in [0.1, 0.15) is 5.69 Å². The smallest absolute Gasteiger partial charge is 0.115 e. The molecule has 0 saturated carbocycles. The summed E-state index contributed by atoms with van der Waals surface area (Å²) in [5.41, 5.74) is 12.3. The molecule has 2 aliphatic rings. The van der Waals surface area contributed by atoms with Gasteiger partial charge in [0, 0.05) is 5.56 Å². The van der Waals surface area contributed by atoms with Crippen molar-refractivity contribution in [1.29, 1.82) is 0 Å². The van der Waals surface area contributed by atoms with Crippen LogP contribution in [-0.4, -0.2) is 0 Å². The summed E-state index contributed by atoms with van der Waals surface area (Å²) in [5.74, 6) is 0. The first-order valence-electron chi connectivity index (χ1n) is 11.2. The van der Waals surface area contributed by atoms with E-state index in [-0.39, 0.29) is 5.41 Å². The summed E-state index contributed by atoms with van der Waals surface area (Å²) in [5, 5.41) is 3.29. The Morgan fingerprint density at radius 1 is 0.455 bits per heavy atom. The summed E-state index contributed by atoms with van der Waals surface area (Å²) in [7, 11) is 0. The van der Waals surface area contributed by atoms with E-state index in [0.29, 0.717) is 5.69 Å². The van der Waals surface area contributed by atoms with Gasteiger partial charge in [-0.1, -0.05) is 103 Å². The molecule has 0 bridgehead atoms. The highest BCUT2D eigenvalue weighted by Crippen LogP contribution is 2.63. The largest absolute Gasteiger partial charge is 0.145 e. The van der Waals surface area contributed by atoms with Gasteiger partial charge in [-0.3, -0.25) is 0 Å². The van der Waals surface area contributed by atoms with Crippen molar-refractivity contribution in [3.05, 3.63) is 142 Å². The first kappa shape index (κ1) is 18.3. The molecule has 33 heavy (non-hydrogen) atoms. The van der Waals surface area contributed by atoms with Crippen molar-refractivity contribution in [1.82, 2.24) is 0 Å². The van der Waals surface area contributed by atoms with Gasteiger partial charge >= 0.3 is 0 Å². The first-order chi connectivity index (χ1) is 16.3. The van der Waals surface area contributed by atoms with Crippen LogP contribution >= 0.6 is 0 Å². The molecule has 2 nitrogen and oxygen atoms in total. The van der Waals surface area contributed by atoms with Gasteiger partial charge in [-0.15, -0.1) is 4.91 Å². The minimum Gasteiger partial charge on any atom is -0.145 e. The van der Waals surface area contributed by atoms with Crippen LogP contribution in [0.3, 0.4) is 0 Å². The molecule has 0 aliphatic heterocycles. The SMILES string of the molecule is O=Nc1ccccc1-c1ccc2c(c1)C1(c3ccccc3-c3ccccc31)c1ccccc1-2. The number of hydrogen-bond donors (Lipinski definition) is 0. The van der Waals surface area contributed by atoms with E-state index >= 15 is 0 Å². The highest BCUT2D eigenvalue weighted by atomic mass is 16.3. The lowest BCUT2D eigenvalue weighted by atomic mass is 9.70. The molecule has 0 fully saturated rings. The second-order valence-electron chi connectivity index (χ2n) is 8.76. The van der Waals surface area contributed by atoms with E-state index in [0.717, 1.165) is 11.1 Å². The molecular formula is C31H19NO. The van der Waals surface area contributed by atoms with Gasteiger partial charge in [-0.05, 0) is 67.4 Å². The van der Waals surface area contributed by atoms with E-state index < -0.39 is 0 Å². The molecule has 2 aliphatic carbocycles. The second kappa shape index (κ2) is 6.60. The highest BCUT2D eigenvalue weighted by Gasteiger charge is 2.51. The number of nitroso groups, excluding NO2 is 1. The zero-order chi connectivity index (χ0) is 22.0. The van der Waals surface area contributed by atoms with Crippen molar-refractivity contribution in [3.63, 3.8) is 0 Å². The Morgan fingerprint density at radius 2 is 0.909 bits per heavy atom. The summed E-state index contributed by atoms with van der Waals surface area (Å²) < 4.78 is 0. The van der Waals surface area contributed by atoms with Crippen molar-refractivity contribution in [3.8, 4) is 33.4 Å². The Labute approximate surface area is 192 Å². The first-order valence-corrected chi connectivity index (χ1v) is 11.2. The maximum atomic E-state index is 11.5. The topological polar surface area (TPSA) is 29.4 Å². The lowest BCUT2D eigenvalue weighted by Crippen LogP contribution is -2.25. The third-order valence-electron chi connectivity index (χ3n) is 7.31. The van der Waals surface area contributed by atoms with Gasteiger partial charge in [0.25, 0.3) is 0 Å². The van der Waals surface area contributed by atoms with Crippen LogP contribution in [0.2, 0.25) is 0 Å². The third kappa shape index (κ3) is 2.22. The predicted molar refractivity (Wildman–Crippen MR) is 134 cm³/mol. The van der Waals surface area contributed by atoms with Crippen LogP contribution < -0.4 is 0 Å². The summed E-state index contributed by atoms with van der Waals surface area (Å²) in [4.78, 5) is 11.5. The van der Waals surface area contributed by atoms with Gasteiger partial charge in [-0.2, -0.15) is 0 Å². The van der Waals surface area contributed by atoms with E-state index in [2.05, 4.69) is 96.2 Å². The third-order valence-corrected chi connectivity index (χ3v) is 7.31. The molecule has 0 saturated heterocycles. The fourth-order valence-electron chi connectivity index (χ4n) is 6.06. The number of rotatable bonds is 2. The van der Waals surface area contributed by atoms with Crippen LogP contribution in [0.25, 0.3) is 33.4 Å². The Kier molecular flexibility index (Phi) is 3.66. The minimum atomic E-state index is -0.376. The standard InChI is InChI=1S/C31H19NO/c33-32-30-16-8-4-9-21(30)20-17-18-25-24-12-3-7-15-28(24)31(29(25)19-20)26-13-5-1-10-22(26)23-11-2-6-14-27(23)31/h1-19H. The lowest BCUT2D eigenvalue weighted by molar-refractivity contribution is 0.794. The average molecular weight is 421 g/mol. The maximum Gasteiger partial charge on any atom is 0.115 e. The molecule has 0 N–H and O–H groups in total. The molecule has 0 unspecified atom stereocenters. The van der Waals surface area contributed by atoms with E-state index in [4.69, 9.17) is 0 Å². The molecule has 0 atom stereocenters. The normalized spacial score (nSPS) is 13.8. The average Bonchev–Trinajstić information content (AvgIpc) is 3.36. The van der Waals surface area contributed by atoms with Crippen LogP contribution in [0.5, 0.6) is 0 Å². The predicted octanol–water partition coefficient (Wildman–Crippen LogP) is 8.10. The van der Waals surface area contributed by atoms with E-state index in [9.17, 15) is 4.91 Å². The van der Waals surface area contributed by atoms with Crippen molar-refractivity contribution in [2.45, 2.75) is 5.41 Å². The Balaban J connectivity index is 1.63. The Bertz CT molecular complexity index is 1530. The quantitative estimate of drug-likeness (QED) is 0.259. The van der Waals surface area contributed by atoms with Crippen molar-refractivity contribution < 1.29 is 0 Å². The number of nitrogens with zero attached hydrogens (tertiary/aromatic N) is 1. The fourth-order valence-corrected chi connectivity index (χ4v) is 6.06. The lowest BCUT2D eigenvalue weighted by Gasteiger charge is -2.30. The number of fused-ring (bicyclic) bond motifs is 10. The molecule has 154 valence electrons. The molecular weight excluding hydrogens is 402 g/mol. The zero-order valence-corrected chi connectivity index (χ0v) is 17.8. The molecule has 5 aromatic carbocycles. The van der Waals surface area contributed by atoms with Gasteiger partial charge in [-0.25, -0.2) is 0 Å². The summed E-state index contributed by atoms with van der Waals surface area (Å²) in [6, 6.07) is 40.5. The maximum absolute atomic E-state index is 11.5. The van der Waals surface area contributed by atoms with Gasteiger partial charge < -0.3 is 0 Å².